The highest BCUT2D eigenvalue weighted by Gasteiger charge is 2.23. The minimum Gasteiger partial charge on any atom is -0.490 e. The third-order valence-corrected chi connectivity index (χ3v) is 6.43. The quantitative estimate of drug-likeness (QED) is 0.347. The van der Waals surface area contributed by atoms with E-state index in [-0.39, 0.29) is 29.9 Å². The van der Waals surface area contributed by atoms with Gasteiger partial charge in [0.05, 0.1) is 5.71 Å². The van der Waals surface area contributed by atoms with Crippen LogP contribution in [0.5, 0.6) is 5.75 Å². The lowest BCUT2D eigenvalue weighted by atomic mass is 9.94. The topological polar surface area (TPSA) is 124 Å². The minimum absolute atomic E-state index is 0.0129. The zero-order valence-electron chi connectivity index (χ0n) is 21.1. The maximum Gasteiger partial charge on any atom is 0.240 e. The number of hydrogen-bond acceptors (Lipinski definition) is 7. The van der Waals surface area contributed by atoms with Gasteiger partial charge in [0, 0.05) is 54.3 Å². The van der Waals surface area contributed by atoms with Crippen LogP contribution in [-0.4, -0.2) is 54.0 Å². The zero-order valence-corrected chi connectivity index (χ0v) is 21.1. The Morgan fingerprint density at radius 3 is 2.67 bits per heavy atom. The highest BCUT2D eigenvalue weighted by Crippen LogP contribution is 2.31. The summed E-state index contributed by atoms with van der Waals surface area (Å²) in [5, 5.41) is 24.4. The predicted molar refractivity (Wildman–Crippen MR) is 140 cm³/mol. The molecule has 2 aromatic carbocycles. The van der Waals surface area contributed by atoms with E-state index < -0.39 is 6.10 Å². The number of carbonyl (C=O) groups is 2. The molecule has 0 aliphatic carbocycles. The molecule has 0 bridgehead atoms. The first-order valence-electron chi connectivity index (χ1n) is 12.4. The van der Waals surface area contributed by atoms with Crippen molar-refractivity contribution in [2.75, 3.05) is 30.3 Å². The molecule has 9 heteroatoms. The molecule has 2 aromatic rings. The van der Waals surface area contributed by atoms with Gasteiger partial charge in [-0.1, -0.05) is 25.1 Å². The Kier molecular flexibility index (Phi) is 7.91. The summed E-state index contributed by atoms with van der Waals surface area (Å²) in [4.78, 5) is 23.1. The molecule has 0 fully saturated rings. The van der Waals surface area contributed by atoms with Gasteiger partial charge in [0.25, 0.3) is 0 Å². The molecule has 192 valence electrons. The van der Waals surface area contributed by atoms with Crippen molar-refractivity contribution in [3.8, 4) is 5.75 Å². The Hall–Kier alpha value is -3.43. The first kappa shape index (κ1) is 25.7. The summed E-state index contributed by atoms with van der Waals surface area (Å²) in [7, 11) is 0. The smallest absolute Gasteiger partial charge is 0.240 e. The van der Waals surface area contributed by atoms with E-state index in [9.17, 15) is 14.7 Å². The van der Waals surface area contributed by atoms with E-state index in [0.717, 1.165) is 28.2 Å². The Bertz CT molecular complexity index is 1130. The summed E-state index contributed by atoms with van der Waals surface area (Å²) in [6, 6.07) is 13.6. The van der Waals surface area contributed by atoms with Gasteiger partial charge in [0.2, 0.25) is 11.8 Å². The van der Waals surface area contributed by atoms with E-state index >= 15 is 0 Å². The van der Waals surface area contributed by atoms with Crippen molar-refractivity contribution in [2.24, 2.45) is 11.0 Å². The van der Waals surface area contributed by atoms with Gasteiger partial charge >= 0.3 is 0 Å². The Morgan fingerprint density at radius 1 is 1.14 bits per heavy atom. The maximum atomic E-state index is 11.6. The number of aliphatic hydroxyl groups excluding tert-OH is 1. The number of amides is 2. The van der Waals surface area contributed by atoms with Gasteiger partial charge in [-0.2, -0.15) is 5.10 Å². The molecule has 0 saturated carbocycles. The van der Waals surface area contributed by atoms with Crippen molar-refractivity contribution >= 4 is 28.9 Å². The number of hydrogen-bond donors (Lipinski definition) is 5. The van der Waals surface area contributed by atoms with Gasteiger partial charge in [-0.25, -0.2) is 5.43 Å². The molecular weight excluding hydrogens is 458 g/mol. The standard InChI is InChI=1S/C27H35N5O4/c1-17-13-25(35)31-32-26(17)18-7-9-19(10-8-18)28-16-27(2,3)29-14-20(33)15-36-23-6-4-5-22-21(23)11-12-24(34)30-22/h4-10,17,20,28-29,33H,11-16H2,1-3H3,(H,30,34)(H,31,35). The number of hydrazone groups is 1. The zero-order chi connectivity index (χ0) is 25.7. The SMILES string of the molecule is CC1CC(=O)NN=C1c1ccc(NCC(C)(C)NCC(O)COc2cccc3c2CCC(=O)N3)cc1. The van der Waals surface area contributed by atoms with Crippen molar-refractivity contribution in [1.29, 1.82) is 0 Å². The summed E-state index contributed by atoms with van der Waals surface area (Å²) >= 11 is 0. The molecule has 2 aliphatic rings. The van der Waals surface area contributed by atoms with Crippen molar-refractivity contribution in [1.82, 2.24) is 10.7 Å². The highest BCUT2D eigenvalue weighted by atomic mass is 16.5. The van der Waals surface area contributed by atoms with Crippen LogP contribution in [0, 0.1) is 5.92 Å². The van der Waals surface area contributed by atoms with Crippen molar-refractivity contribution in [3.63, 3.8) is 0 Å². The van der Waals surface area contributed by atoms with E-state index in [1.54, 1.807) is 0 Å². The fraction of sp³-hybridized carbons (Fsp3) is 0.444. The van der Waals surface area contributed by atoms with Crippen LogP contribution in [0.4, 0.5) is 11.4 Å². The van der Waals surface area contributed by atoms with Gasteiger partial charge in [0.1, 0.15) is 18.5 Å². The molecule has 9 nitrogen and oxygen atoms in total. The van der Waals surface area contributed by atoms with Gasteiger partial charge in [-0.05, 0) is 50.1 Å². The number of nitrogens with one attached hydrogen (secondary N) is 4. The summed E-state index contributed by atoms with van der Waals surface area (Å²) in [5.41, 5.74) is 6.90. The van der Waals surface area contributed by atoms with E-state index in [1.807, 2.05) is 49.4 Å². The van der Waals surface area contributed by atoms with Crippen molar-refractivity contribution in [3.05, 3.63) is 53.6 Å². The molecule has 5 N–H and O–H groups in total. The molecule has 2 aliphatic heterocycles. The van der Waals surface area contributed by atoms with E-state index in [0.29, 0.717) is 38.1 Å². The van der Waals surface area contributed by atoms with Crippen LogP contribution in [-0.2, 0) is 16.0 Å². The number of rotatable bonds is 10. The number of carbonyl (C=O) groups excluding carboxylic acids is 2. The van der Waals surface area contributed by atoms with Crippen LogP contribution in [0.25, 0.3) is 0 Å². The van der Waals surface area contributed by atoms with Crippen LogP contribution in [0.15, 0.2) is 47.6 Å². The molecule has 36 heavy (non-hydrogen) atoms. The minimum atomic E-state index is -0.684. The molecule has 2 amide bonds. The summed E-state index contributed by atoms with van der Waals surface area (Å²) in [6.45, 7) is 7.33. The third kappa shape index (κ3) is 6.61. The van der Waals surface area contributed by atoms with Gasteiger partial charge in [0.15, 0.2) is 0 Å². The van der Waals surface area contributed by atoms with Crippen molar-refractivity contribution < 1.29 is 19.4 Å². The molecule has 2 unspecified atom stereocenters. The molecule has 0 aromatic heterocycles. The van der Waals surface area contributed by atoms with Crippen LogP contribution in [0.2, 0.25) is 0 Å². The van der Waals surface area contributed by atoms with Crippen LogP contribution >= 0.6 is 0 Å². The molecule has 0 spiro atoms. The summed E-state index contributed by atoms with van der Waals surface area (Å²) < 4.78 is 5.88. The first-order chi connectivity index (χ1) is 17.2. The van der Waals surface area contributed by atoms with Gasteiger partial charge in [-0.15, -0.1) is 0 Å². The lowest BCUT2D eigenvalue weighted by Gasteiger charge is -2.29. The highest BCUT2D eigenvalue weighted by molar-refractivity contribution is 6.05. The Labute approximate surface area is 211 Å². The van der Waals surface area contributed by atoms with E-state index in [1.165, 1.54) is 0 Å². The first-order valence-corrected chi connectivity index (χ1v) is 12.4. The number of nitrogens with zero attached hydrogens (tertiary/aromatic N) is 1. The van der Waals surface area contributed by atoms with E-state index in [4.69, 9.17) is 4.74 Å². The second-order valence-corrected chi connectivity index (χ2v) is 10.1. The molecule has 0 saturated heterocycles. The number of benzene rings is 2. The predicted octanol–water partition coefficient (Wildman–Crippen LogP) is 2.65. The molecule has 0 radical (unpaired) electrons. The molecule has 4 rings (SSSR count). The fourth-order valence-electron chi connectivity index (χ4n) is 4.31. The van der Waals surface area contributed by atoms with Crippen molar-refractivity contribution in [2.45, 2.75) is 51.7 Å². The van der Waals surface area contributed by atoms with Crippen LogP contribution in [0.1, 0.15) is 44.7 Å². The second kappa shape index (κ2) is 11.1. The third-order valence-electron chi connectivity index (χ3n) is 6.43. The number of aliphatic hydroxyl groups is 1. The number of ether oxygens (including phenoxy) is 1. The second-order valence-electron chi connectivity index (χ2n) is 10.1. The fourth-order valence-corrected chi connectivity index (χ4v) is 4.31. The van der Waals surface area contributed by atoms with E-state index in [2.05, 4.69) is 40.3 Å². The number of anilines is 2. The average Bonchev–Trinajstić information content (AvgIpc) is 2.85. The molecule has 2 heterocycles. The number of fused-ring (bicyclic) bond motifs is 1. The average molecular weight is 494 g/mol. The Morgan fingerprint density at radius 2 is 1.92 bits per heavy atom. The van der Waals surface area contributed by atoms with Gasteiger partial charge < -0.3 is 25.8 Å². The maximum absolute atomic E-state index is 11.6. The molecule has 2 atom stereocenters. The normalized spacial score (nSPS) is 18.4. The Balaban J connectivity index is 1.22. The monoisotopic (exact) mass is 493 g/mol. The molecular formula is C27H35N5O4. The van der Waals surface area contributed by atoms with Crippen LogP contribution in [0.3, 0.4) is 0 Å². The summed E-state index contributed by atoms with van der Waals surface area (Å²) in [6.07, 6.45) is 0.834. The lowest BCUT2D eigenvalue weighted by molar-refractivity contribution is -0.122. The van der Waals surface area contributed by atoms with Crippen LogP contribution < -0.4 is 26.1 Å². The lowest BCUT2D eigenvalue weighted by Crippen LogP contribution is -2.49. The number of β-amino-alcohol motifs (C(OH)–C–C–N with tert-alkyl or cyclic N) is 1. The largest absolute Gasteiger partial charge is 0.490 e. The summed E-state index contributed by atoms with van der Waals surface area (Å²) in [5.74, 6) is 0.750. The van der Waals surface area contributed by atoms with Gasteiger partial charge in [-0.3, -0.25) is 9.59 Å².